The minimum absolute atomic E-state index is 0.0269. The smallest absolute Gasteiger partial charge is 0.345 e. The van der Waals surface area contributed by atoms with Crippen molar-refractivity contribution in [2.24, 2.45) is 5.92 Å². The van der Waals surface area contributed by atoms with Crippen molar-refractivity contribution in [2.45, 2.75) is 47.0 Å². The second-order valence-corrected chi connectivity index (χ2v) is 3.98. The summed E-state index contributed by atoms with van der Waals surface area (Å²) in [6, 6.07) is 0. The average Bonchev–Trinajstić information content (AvgIpc) is 2.34. The maximum absolute atomic E-state index is 11.7. The zero-order valence-electron chi connectivity index (χ0n) is 11.8. The summed E-state index contributed by atoms with van der Waals surface area (Å²) >= 11 is 0. The average molecular weight is 256 g/mol. The number of ether oxygens (including phenoxy) is 2. The van der Waals surface area contributed by atoms with Gasteiger partial charge in [-0.15, -0.1) is 0 Å². The summed E-state index contributed by atoms with van der Waals surface area (Å²) in [7, 11) is 0. The standard InChI is InChI=1S/C14H24O4/c1-5-9-11(6-2)10-12(13(15)17-7-3)14(16)18-8-4/h10-11H,5-9H2,1-4H3. The molecular weight excluding hydrogens is 232 g/mol. The fourth-order valence-corrected chi connectivity index (χ4v) is 1.65. The first-order valence-electron chi connectivity index (χ1n) is 6.66. The highest BCUT2D eigenvalue weighted by molar-refractivity contribution is 6.14. The van der Waals surface area contributed by atoms with Gasteiger partial charge in [0.15, 0.2) is 0 Å². The SMILES string of the molecule is CCCC(C=C(C(=O)OCC)C(=O)OCC)CC. The van der Waals surface area contributed by atoms with Gasteiger partial charge in [-0.3, -0.25) is 0 Å². The van der Waals surface area contributed by atoms with Crippen molar-refractivity contribution in [3.8, 4) is 0 Å². The maximum Gasteiger partial charge on any atom is 0.345 e. The molecular formula is C14H24O4. The van der Waals surface area contributed by atoms with Crippen LogP contribution < -0.4 is 0 Å². The van der Waals surface area contributed by atoms with Gasteiger partial charge in [-0.25, -0.2) is 9.59 Å². The van der Waals surface area contributed by atoms with Gasteiger partial charge in [0.1, 0.15) is 5.57 Å². The van der Waals surface area contributed by atoms with Crippen LogP contribution >= 0.6 is 0 Å². The predicted octanol–water partition coefficient (Wildman–Crippen LogP) is 2.87. The summed E-state index contributed by atoms with van der Waals surface area (Å²) in [5.74, 6) is -0.977. The molecule has 0 saturated carbocycles. The number of hydrogen-bond acceptors (Lipinski definition) is 4. The molecule has 0 aliphatic rings. The summed E-state index contributed by atoms with van der Waals surface area (Å²) < 4.78 is 9.77. The van der Waals surface area contributed by atoms with Crippen LogP contribution in [0.5, 0.6) is 0 Å². The van der Waals surface area contributed by atoms with Crippen molar-refractivity contribution in [1.82, 2.24) is 0 Å². The second-order valence-electron chi connectivity index (χ2n) is 3.98. The lowest BCUT2D eigenvalue weighted by atomic mass is 9.97. The van der Waals surface area contributed by atoms with E-state index in [0.717, 1.165) is 19.3 Å². The van der Waals surface area contributed by atoms with Gasteiger partial charge >= 0.3 is 11.9 Å². The molecule has 0 aromatic rings. The fraction of sp³-hybridized carbons (Fsp3) is 0.714. The van der Waals surface area contributed by atoms with Crippen LogP contribution in [0.1, 0.15) is 47.0 Å². The van der Waals surface area contributed by atoms with Crippen LogP contribution in [0.25, 0.3) is 0 Å². The third kappa shape index (κ3) is 5.84. The normalized spacial score (nSPS) is 11.6. The van der Waals surface area contributed by atoms with E-state index in [9.17, 15) is 9.59 Å². The first-order valence-corrected chi connectivity index (χ1v) is 6.66. The summed E-state index contributed by atoms with van der Waals surface area (Å²) in [6.45, 7) is 8.03. The topological polar surface area (TPSA) is 52.6 Å². The van der Waals surface area contributed by atoms with Gasteiger partial charge in [0.05, 0.1) is 13.2 Å². The molecule has 0 aromatic carbocycles. The van der Waals surface area contributed by atoms with Crippen LogP contribution in [-0.4, -0.2) is 25.2 Å². The zero-order chi connectivity index (χ0) is 14.0. The summed E-state index contributed by atoms with van der Waals surface area (Å²) in [6.07, 6.45) is 4.53. The highest BCUT2D eigenvalue weighted by Crippen LogP contribution is 2.16. The van der Waals surface area contributed by atoms with E-state index in [1.165, 1.54) is 0 Å². The van der Waals surface area contributed by atoms with Crippen molar-refractivity contribution in [3.05, 3.63) is 11.6 Å². The highest BCUT2D eigenvalue weighted by atomic mass is 16.6. The molecule has 0 fully saturated rings. The predicted molar refractivity (Wildman–Crippen MR) is 70.0 cm³/mol. The summed E-state index contributed by atoms with van der Waals surface area (Å²) in [5.41, 5.74) is 0.0269. The Hall–Kier alpha value is -1.32. The highest BCUT2D eigenvalue weighted by Gasteiger charge is 2.22. The molecule has 0 aliphatic carbocycles. The van der Waals surface area contributed by atoms with Gasteiger partial charge in [0, 0.05) is 0 Å². The quantitative estimate of drug-likeness (QED) is 0.290. The number of allylic oxidation sites excluding steroid dienone is 1. The number of carbonyl (C=O) groups excluding carboxylic acids is 2. The Labute approximate surface area is 109 Å². The van der Waals surface area contributed by atoms with E-state index in [1.807, 2.05) is 6.92 Å². The monoisotopic (exact) mass is 256 g/mol. The number of carbonyl (C=O) groups is 2. The van der Waals surface area contributed by atoms with Gasteiger partial charge in [-0.1, -0.05) is 26.3 Å². The molecule has 0 aromatic heterocycles. The molecule has 0 saturated heterocycles. The fourth-order valence-electron chi connectivity index (χ4n) is 1.65. The van der Waals surface area contributed by atoms with Crippen molar-refractivity contribution < 1.29 is 19.1 Å². The lowest BCUT2D eigenvalue weighted by Crippen LogP contribution is -2.19. The van der Waals surface area contributed by atoms with Gasteiger partial charge in [-0.2, -0.15) is 0 Å². The van der Waals surface area contributed by atoms with Crippen LogP contribution in [0.4, 0.5) is 0 Å². The zero-order valence-corrected chi connectivity index (χ0v) is 11.8. The Morgan fingerprint density at radius 1 is 1.00 bits per heavy atom. The third-order valence-corrected chi connectivity index (χ3v) is 2.58. The first-order chi connectivity index (χ1) is 8.60. The Bertz CT molecular complexity index is 274. The number of esters is 2. The molecule has 0 aliphatic heterocycles. The van der Waals surface area contributed by atoms with Gasteiger partial charge in [0.25, 0.3) is 0 Å². The Morgan fingerprint density at radius 3 is 1.83 bits per heavy atom. The molecule has 104 valence electrons. The van der Waals surface area contributed by atoms with Gasteiger partial charge in [0.2, 0.25) is 0 Å². The lowest BCUT2D eigenvalue weighted by Gasteiger charge is -2.11. The molecule has 4 heteroatoms. The molecule has 0 N–H and O–H groups in total. The molecule has 1 atom stereocenters. The minimum Gasteiger partial charge on any atom is -0.462 e. The molecule has 0 amide bonds. The van der Waals surface area contributed by atoms with E-state index in [4.69, 9.17) is 9.47 Å². The van der Waals surface area contributed by atoms with E-state index in [-0.39, 0.29) is 24.7 Å². The minimum atomic E-state index is -0.592. The Morgan fingerprint density at radius 2 is 1.50 bits per heavy atom. The van der Waals surface area contributed by atoms with Crippen molar-refractivity contribution in [3.63, 3.8) is 0 Å². The molecule has 4 nitrogen and oxygen atoms in total. The molecule has 0 bridgehead atoms. The number of rotatable bonds is 8. The molecule has 0 heterocycles. The lowest BCUT2D eigenvalue weighted by molar-refractivity contribution is -0.146. The number of hydrogen-bond donors (Lipinski definition) is 0. The van der Waals surface area contributed by atoms with E-state index in [2.05, 4.69) is 6.92 Å². The van der Waals surface area contributed by atoms with Crippen LogP contribution in [0.3, 0.4) is 0 Å². The maximum atomic E-state index is 11.7. The Balaban J connectivity index is 4.98. The van der Waals surface area contributed by atoms with Crippen LogP contribution in [0.2, 0.25) is 0 Å². The van der Waals surface area contributed by atoms with Crippen molar-refractivity contribution in [1.29, 1.82) is 0 Å². The first kappa shape index (κ1) is 16.7. The van der Waals surface area contributed by atoms with Gasteiger partial charge < -0.3 is 9.47 Å². The molecule has 18 heavy (non-hydrogen) atoms. The van der Waals surface area contributed by atoms with E-state index in [0.29, 0.717) is 0 Å². The van der Waals surface area contributed by atoms with Crippen LogP contribution in [0.15, 0.2) is 11.6 Å². The van der Waals surface area contributed by atoms with E-state index >= 15 is 0 Å². The molecule has 0 spiro atoms. The molecule has 1 unspecified atom stereocenters. The Kier molecular flexibility index (Phi) is 8.97. The van der Waals surface area contributed by atoms with Crippen molar-refractivity contribution in [2.75, 3.05) is 13.2 Å². The summed E-state index contributed by atoms with van der Waals surface area (Å²) in [4.78, 5) is 23.4. The van der Waals surface area contributed by atoms with E-state index < -0.39 is 11.9 Å². The van der Waals surface area contributed by atoms with Crippen LogP contribution in [0, 0.1) is 5.92 Å². The van der Waals surface area contributed by atoms with E-state index in [1.54, 1.807) is 19.9 Å². The third-order valence-electron chi connectivity index (χ3n) is 2.58. The molecule has 0 rings (SSSR count). The largest absolute Gasteiger partial charge is 0.462 e. The van der Waals surface area contributed by atoms with Crippen molar-refractivity contribution >= 4 is 11.9 Å². The van der Waals surface area contributed by atoms with Gasteiger partial charge in [-0.05, 0) is 32.6 Å². The summed E-state index contributed by atoms with van der Waals surface area (Å²) in [5, 5.41) is 0. The molecule has 0 radical (unpaired) electrons. The second kappa shape index (κ2) is 9.68. The van der Waals surface area contributed by atoms with Crippen LogP contribution in [-0.2, 0) is 19.1 Å².